The van der Waals surface area contributed by atoms with Crippen LogP contribution < -0.4 is 10.6 Å². The van der Waals surface area contributed by atoms with Crippen LogP contribution in [0.15, 0.2) is 52.3 Å². The lowest BCUT2D eigenvalue weighted by Crippen LogP contribution is -2.25. The number of hydrogen-bond acceptors (Lipinski definition) is 5. The van der Waals surface area contributed by atoms with Crippen LogP contribution in [0, 0.1) is 5.82 Å². The van der Waals surface area contributed by atoms with Crippen LogP contribution in [0.1, 0.15) is 19.8 Å². The Labute approximate surface area is 166 Å². The van der Waals surface area contributed by atoms with Gasteiger partial charge >= 0.3 is 0 Å². The third kappa shape index (κ3) is 4.71. The van der Waals surface area contributed by atoms with E-state index in [-0.39, 0.29) is 17.2 Å². The van der Waals surface area contributed by atoms with E-state index in [4.69, 9.17) is 0 Å². The Balaban J connectivity index is 1.73. The lowest BCUT2D eigenvalue weighted by Gasteiger charge is -2.15. The molecule has 0 radical (unpaired) electrons. The fourth-order valence-electron chi connectivity index (χ4n) is 2.72. The van der Waals surface area contributed by atoms with Crippen molar-refractivity contribution >= 4 is 44.8 Å². The highest BCUT2D eigenvalue weighted by molar-refractivity contribution is 7.99. The number of carbonyl (C=O) groups is 2. The predicted molar refractivity (Wildman–Crippen MR) is 107 cm³/mol. The van der Waals surface area contributed by atoms with Crippen molar-refractivity contribution in [2.45, 2.75) is 34.8 Å². The molecule has 0 spiro atoms. The second-order valence-electron chi connectivity index (χ2n) is 6.42. The Bertz CT molecular complexity index is 1010. The first kappa shape index (κ1) is 20.3. The molecule has 1 aliphatic heterocycles. The van der Waals surface area contributed by atoms with Crippen LogP contribution in [0.3, 0.4) is 0 Å². The average molecular weight is 423 g/mol. The summed E-state index contributed by atoms with van der Waals surface area (Å²) in [5.41, 5.74) is 0.859. The number of hydrogen-bond donors (Lipinski definition) is 2. The quantitative estimate of drug-likeness (QED) is 0.770. The van der Waals surface area contributed by atoms with Crippen LogP contribution in [0.2, 0.25) is 0 Å². The fourth-order valence-corrected chi connectivity index (χ4v) is 5.04. The Hall–Kier alpha value is -2.39. The van der Waals surface area contributed by atoms with Crippen molar-refractivity contribution < 1.29 is 22.4 Å². The van der Waals surface area contributed by atoms with E-state index in [1.807, 2.05) is 0 Å². The number of amides is 2. The van der Waals surface area contributed by atoms with Gasteiger partial charge in [-0.25, -0.2) is 12.8 Å². The van der Waals surface area contributed by atoms with Crippen LogP contribution in [0.4, 0.5) is 15.8 Å². The summed E-state index contributed by atoms with van der Waals surface area (Å²) in [6, 6.07) is 9.82. The van der Waals surface area contributed by atoms with Gasteiger partial charge in [-0.15, -0.1) is 11.8 Å². The molecule has 0 fully saturated rings. The molecule has 2 N–H and O–H groups in total. The van der Waals surface area contributed by atoms with Crippen LogP contribution in [-0.2, 0) is 19.4 Å². The molecule has 2 amide bonds. The van der Waals surface area contributed by atoms with Gasteiger partial charge < -0.3 is 10.6 Å². The Morgan fingerprint density at radius 3 is 2.68 bits per heavy atom. The van der Waals surface area contributed by atoms with Crippen molar-refractivity contribution in [3.8, 4) is 0 Å². The second kappa shape index (κ2) is 8.32. The summed E-state index contributed by atoms with van der Waals surface area (Å²) in [6.45, 7) is 1.46. The van der Waals surface area contributed by atoms with Crippen molar-refractivity contribution in [1.29, 1.82) is 0 Å². The number of rotatable bonds is 5. The largest absolute Gasteiger partial charge is 0.326 e. The summed E-state index contributed by atoms with van der Waals surface area (Å²) < 4.78 is 38.7. The standard InChI is InChI=1S/C19H19FN2O4S2/c1-12(10-19(24)21-14-4-2-13(20)3-5-14)28(25,26)15-6-7-17-16(11-15)22-18(23)8-9-27-17/h2-7,11-12H,8-10H2,1H3,(H,21,24)(H,22,23). The maximum atomic E-state index is 12.9. The Morgan fingerprint density at radius 2 is 1.96 bits per heavy atom. The molecule has 0 bridgehead atoms. The van der Waals surface area contributed by atoms with E-state index < -0.39 is 26.8 Å². The van der Waals surface area contributed by atoms with Crippen molar-refractivity contribution in [2.75, 3.05) is 16.4 Å². The Kier molecular flexibility index (Phi) is 6.04. The summed E-state index contributed by atoms with van der Waals surface area (Å²) in [5, 5.41) is 4.30. The van der Waals surface area contributed by atoms with Crippen molar-refractivity contribution in [1.82, 2.24) is 0 Å². The molecule has 1 atom stereocenters. The van der Waals surface area contributed by atoms with Gasteiger partial charge in [0.05, 0.1) is 15.8 Å². The molecule has 2 aromatic carbocycles. The monoisotopic (exact) mass is 422 g/mol. The van der Waals surface area contributed by atoms with E-state index in [9.17, 15) is 22.4 Å². The zero-order valence-electron chi connectivity index (χ0n) is 15.1. The fraction of sp³-hybridized carbons (Fsp3) is 0.263. The van der Waals surface area contributed by atoms with Gasteiger partial charge in [0.15, 0.2) is 9.84 Å². The first-order valence-electron chi connectivity index (χ1n) is 8.62. The summed E-state index contributed by atoms with van der Waals surface area (Å²) in [5.74, 6) is -0.443. The molecule has 1 heterocycles. The highest BCUT2D eigenvalue weighted by Gasteiger charge is 2.27. The molecular weight excluding hydrogens is 403 g/mol. The van der Waals surface area contributed by atoms with Gasteiger partial charge in [0.1, 0.15) is 5.82 Å². The highest BCUT2D eigenvalue weighted by Crippen LogP contribution is 2.33. The number of anilines is 2. The molecule has 28 heavy (non-hydrogen) atoms. The second-order valence-corrected chi connectivity index (χ2v) is 9.92. The molecule has 9 heteroatoms. The SMILES string of the molecule is CC(CC(=O)Nc1ccc(F)cc1)S(=O)(=O)c1ccc2c(c1)NC(=O)CCS2. The number of benzene rings is 2. The summed E-state index contributed by atoms with van der Waals surface area (Å²) in [7, 11) is -3.78. The lowest BCUT2D eigenvalue weighted by molar-refractivity contribution is -0.116. The molecule has 6 nitrogen and oxygen atoms in total. The maximum Gasteiger partial charge on any atom is 0.225 e. The van der Waals surface area contributed by atoms with Crippen molar-refractivity contribution in [2.24, 2.45) is 0 Å². The minimum Gasteiger partial charge on any atom is -0.326 e. The van der Waals surface area contributed by atoms with E-state index >= 15 is 0 Å². The van der Waals surface area contributed by atoms with Gasteiger partial charge in [0.2, 0.25) is 11.8 Å². The lowest BCUT2D eigenvalue weighted by atomic mass is 10.2. The van der Waals surface area contributed by atoms with Gasteiger partial charge in [-0.05, 0) is 49.4 Å². The number of nitrogens with one attached hydrogen (secondary N) is 2. The predicted octanol–water partition coefficient (Wildman–Crippen LogP) is 3.45. The van der Waals surface area contributed by atoms with Crippen molar-refractivity contribution in [3.63, 3.8) is 0 Å². The normalized spacial score (nSPS) is 15.1. The van der Waals surface area contributed by atoms with E-state index in [0.29, 0.717) is 23.5 Å². The number of thioether (sulfide) groups is 1. The van der Waals surface area contributed by atoms with Gasteiger partial charge in [-0.3, -0.25) is 9.59 Å². The van der Waals surface area contributed by atoms with Crippen LogP contribution >= 0.6 is 11.8 Å². The topological polar surface area (TPSA) is 92.3 Å². The molecule has 148 valence electrons. The first-order chi connectivity index (χ1) is 13.3. The molecular formula is C19H19FN2O4S2. The molecule has 0 aromatic heterocycles. The van der Waals surface area contributed by atoms with Crippen LogP contribution in [0.25, 0.3) is 0 Å². The van der Waals surface area contributed by atoms with E-state index in [0.717, 1.165) is 4.90 Å². The number of carbonyl (C=O) groups excluding carboxylic acids is 2. The average Bonchev–Trinajstić information content (AvgIpc) is 2.83. The number of fused-ring (bicyclic) bond motifs is 1. The van der Waals surface area contributed by atoms with Gasteiger partial charge in [0.25, 0.3) is 0 Å². The molecule has 0 aliphatic carbocycles. The molecule has 0 saturated heterocycles. The van der Waals surface area contributed by atoms with Gasteiger partial charge in [0, 0.05) is 29.2 Å². The zero-order chi connectivity index (χ0) is 20.3. The molecule has 0 saturated carbocycles. The van der Waals surface area contributed by atoms with E-state index in [1.54, 1.807) is 6.07 Å². The number of halogens is 1. The summed E-state index contributed by atoms with van der Waals surface area (Å²) in [6.07, 6.45) is 0.110. The molecule has 1 aliphatic rings. The highest BCUT2D eigenvalue weighted by atomic mass is 32.2. The summed E-state index contributed by atoms with van der Waals surface area (Å²) >= 11 is 1.48. The molecule has 3 rings (SSSR count). The van der Waals surface area contributed by atoms with E-state index in [1.165, 1.54) is 55.1 Å². The minimum atomic E-state index is -3.78. The van der Waals surface area contributed by atoms with Crippen LogP contribution in [0.5, 0.6) is 0 Å². The first-order valence-corrected chi connectivity index (χ1v) is 11.1. The number of sulfone groups is 1. The van der Waals surface area contributed by atoms with Gasteiger partial charge in [-0.2, -0.15) is 0 Å². The third-order valence-corrected chi connectivity index (χ3v) is 7.48. The van der Waals surface area contributed by atoms with Crippen molar-refractivity contribution in [3.05, 3.63) is 48.3 Å². The Morgan fingerprint density at radius 1 is 1.25 bits per heavy atom. The summed E-state index contributed by atoms with van der Waals surface area (Å²) in [4.78, 5) is 24.8. The van der Waals surface area contributed by atoms with Gasteiger partial charge in [-0.1, -0.05) is 0 Å². The molecule has 2 aromatic rings. The molecule has 1 unspecified atom stereocenters. The maximum absolute atomic E-state index is 12.9. The smallest absolute Gasteiger partial charge is 0.225 e. The zero-order valence-corrected chi connectivity index (χ0v) is 16.7. The third-order valence-electron chi connectivity index (χ3n) is 4.27. The van der Waals surface area contributed by atoms with Crippen LogP contribution in [-0.4, -0.2) is 31.2 Å². The van der Waals surface area contributed by atoms with E-state index in [2.05, 4.69) is 10.6 Å². The minimum absolute atomic E-state index is 0.0520.